The highest BCUT2D eigenvalue weighted by Crippen LogP contribution is 2.31. The topological polar surface area (TPSA) is 20.9 Å². The van der Waals surface area contributed by atoms with Crippen molar-refractivity contribution in [2.75, 3.05) is 0 Å². The predicted molar refractivity (Wildman–Crippen MR) is 182 cm³/mol. The lowest BCUT2D eigenvalue weighted by Crippen LogP contribution is -2.81. The van der Waals surface area contributed by atoms with Gasteiger partial charge in [-0.1, -0.05) is 47.7 Å². The fourth-order valence-corrected chi connectivity index (χ4v) is 7.44. The van der Waals surface area contributed by atoms with Crippen LogP contribution < -0.4 is 26.4 Å². The molecule has 0 bridgehead atoms. The van der Waals surface area contributed by atoms with Gasteiger partial charge in [-0.3, -0.25) is 4.79 Å². The van der Waals surface area contributed by atoms with Crippen LogP contribution in [-0.4, -0.2) is 11.9 Å². The molecule has 0 unspecified atom stereocenters. The zero-order valence-corrected chi connectivity index (χ0v) is 30.7. The van der Waals surface area contributed by atoms with Crippen LogP contribution in [0.15, 0.2) is 59.6 Å². The average molecular weight is 933 g/mol. The van der Waals surface area contributed by atoms with Crippen LogP contribution >= 0.6 is 11.3 Å². The van der Waals surface area contributed by atoms with E-state index in [2.05, 4.69) is 6.07 Å². The minimum Gasteiger partial charge on any atom is -0.287 e. The molecule has 0 fully saturated rings. The van der Waals surface area contributed by atoms with Crippen LogP contribution in [-0.2, 0) is 6.54 Å². The van der Waals surface area contributed by atoms with Crippen molar-refractivity contribution >= 4 is 55.9 Å². The van der Waals surface area contributed by atoms with Gasteiger partial charge in [0.05, 0.1) is 5.38 Å². The summed E-state index contributed by atoms with van der Waals surface area (Å²) in [5.41, 5.74) is -11.6. The number of carbonyl (C=O) groups excluding carboxylic acids is 1. The molecule has 0 N–H and O–H groups in total. The van der Waals surface area contributed by atoms with E-state index in [-0.39, 0.29) is 5.78 Å². The van der Waals surface area contributed by atoms with E-state index in [1.807, 2.05) is 58.1 Å². The SMILES string of the molecule is Fc1c(F)c(F)c([B-](c2c(F)c(F)c(F)c(F)c2F)(c2c(F)c(F)c(F)c(F)c2F)c2c(F)c(F)c(F)c(F)c2F)c(F)c1F.O=C(C[n+]1ccsc1)c1ccc2ccccc2c1. The van der Waals surface area contributed by atoms with Crippen molar-refractivity contribution in [1.29, 1.82) is 0 Å². The van der Waals surface area contributed by atoms with Crippen LogP contribution in [0.2, 0.25) is 0 Å². The Balaban J connectivity index is 0.000000302. The van der Waals surface area contributed by atoms with Crippen LogP contribution in [0.1, 0.15) is 10.4 Å². The van der Waals surface area contributed by atoms with Gasteiger partial charge in [0.1, 0.15) is 52.7 Å². The molecule has 7 rings (SSSR count). The normalized spacial score (nSPS) is 11.6. The van der Waals surface area contributed by atoms with E-state index in [4.69, 9.17) is 0 Å². The number of Topliss-reactive ketones (excluding diaryl/α,β-unsaturated/α-hetero) is 1. The number of hydrogen-bond acceptors (Lipinski definition) is 2. The van der Waals surface area contributed by atoms with Gasteiger partial charge < -0.3 is 0 Å². The fraction of sp³-hybridized carbons (Fsp3) is 0.0256. The number of thiazole rings is 1. The summed E-state index contributed by atoms with van der Waals surface area (Å²) >= 11 is 1.59. The summed E-state index contributed by atoms with van der Waals surface area (Å²) in [5, 5.41) is 4.24. The minimum absolute atomic E-state index is 0.143. The molecule has 0 saturated heterocycles. The van der Waals surface area contributed by atoms with Crippen molar-refractivity contribution in [2.45, 2.75) is 6.54 Å². The fourth-order valence-electron chi connectivity index (χ4n) is 6.85. The molecule has 328 valence electrons. The van der Waals surface area contributed by atoms with E-state index < -0.39 is 144 Å². The number of fused-ring (bicyclic) bond motifs is 1. The first-order valence-electron chi connectivity index (χ1n) is 16.7. The van der Waals surface area contributed by atoms with Crippen molar-refractivity contribution < 1.29 is 97.2 Å². The highest BCUT2D eigenvalue weighted by Gasteiger charge is 2.52. The molecular weight excluding hydrogens is 921 g/mol. The summed E-state index contributed by atoms with van der Waals surface area (Å²) in [4.78, 5) is 12.1. The first kappa shape index (κ1) is 46.1. The maximum atomic E-state index is 15.4. The van der Waals surface area contributed by atoms with Gasteiger partial charge in [0.2, 0.25) is 17.8 Å². The third-order valence-corrected chi connectivity index (χ3v) is 10.3. The molecule has 0 radical (unpaired) electrons. The Morgan fingerprint density at radius 3 is 1.02 bits per heavy atom. The summed E-state index contributed by atoms with van der Waals surface area (Å²) in [6.07, 6.45) is -5.30. The maximum absolute atomic E-state index is 15.4. The van der Waals surface area contributed by atoms with Crippen molar-refractivity contribution in [3.05, 3.63) is 181 Å². The first-order valence-corrected chi connectivity index (χ1v) is 17.6. The second-order valence-corrected chi connectivity index (χ2v) is 13.7. The lowest BCUT2D eigenvalue weighted by atomic mass is 9.12. The third kappa shape index (κ3) is 7.22. The van der Waals surface area contributed by atoms with Crippen LogP contribution in [0.3, 0.4) is 0 Å². The molecule has 0 aliphatic carbocycles. The molecule has 1 aromatic heterocycles. The number of hydrogen-bond donors (Lipinski definition) is 0. The van der Waals surface area contributed by atoms with Crippen LogP contribution in [0, 0.1) is 116 Å². The second kappa shape index (κ2) is 17.0. The third-order valence-electron chi connectivity index (χ3n) is 9.63. The summed E-state index contributed by atoms with van der Waals surface area (Å²) < 4.78 is 296. The van der Waals surface area contributed by atoms with E-state index in [0.717, 1.165) is 16.3 Å². The zero-order chi connectivity index (χ0) is 46.7. The molecule has 0 aliphatic rings. The van der Waals surface area contributed by atoms with Crippen molar-refractivity contribution in [3.8, 4) is 0 Å². The van der Waals surface area contributed by atoms with E-state index in [1.54, 1.807) is 11.3 Å². The number of benzene rings is 6. The number of ketones is 1. The lowest BCUT2D eigenvalue weighted by Gasteiger charge is -2.44. The number of nitrogens with zero attached hydrogens (tertiary/aromatic N) is 1. The molecule has 0 spiro atoms. The quantitative estimate of drug-likeness (QED) is 0.0391. The van der Waals surface area contributed by atoms with Crippen LogP contribution in [0.4, 0.5) is 87.8 Å². The Labute approximate surface area is 340 Å². The average Bonchev–Trinajstić information content (AvgIpc) is 3.79. The molecular formula is C39H12BF20NOS. The smallest absolute Gasteiger partial charge is 0.227 e. The van der Waals surface area contributed by atoms with Crippen molar-refractivity contribution in [1.82, 2.24) is 0 Å². The summed E-state index contributed by atoms with van der Waals surface area (Å²) in [7, 11) is 0. The molecule has 0 saturated carbocycles. The van der Waals surface area contributed by atoms with Gasteiger partial charge in [-0.15, -0.1) is 21.9 Å². The van der Waals surface area contributed by atoms with Crippen molar-refractivity contribution in [3.63, 3.8) is 0 Å². The Morgan fingerprint density at radius 1 is 0.413 bits per heavy atom. The highest BCUT2D eigenvalue weighted by molar-refractivity contribution is 7.20. The lowest BCUT2D eigenvalue weighted by molar-refractivity contribution is -0.678. The second-order valence-electron chi connectivity index (χ2n) is 13.0. The Hall–Kier alpha value is -6.46. The molecule has 1 heterocycles. The highest BCUT2D eigenvalue weighted by atomic mass is 32.1. The number of halogens is 20. The van der Waals surface area contributed by atoms with Gasteiger partial charge in [0.25, 0.3) is 0 Å². The predicted octanol–water partition coefficient (Wildman–Crippen LogP) is 8.92. The Kier molecular flexibility index (Phi) is 12.4. The Morgan fingerprint density at radius 2 is 0.714 bits per heavy atom. The molecule has 0 aliphatic heterocycles. The summed E-state index contributed by atoms with van der Waals surface area (Å²) in [6, 6.07) is 13.9. The summed E-state index contributed by atoms with van der Waals surface area (Å²) in [6.45, 7) is 0.405. The molecule has 2 nitrogen and oxygen atoms in total. The van der Waals surface area contributed by atoms with E-state index >= 15 is 35.1 Å². The molecule has 7 aromatic rings. The molecule has 63 heavy (non-hydrogen) atoms. The largest absolute Gasteiger partial charge is 0.287 e. The molecule has 24 heteroatoms. The van der Waals surface area contributed by atoms with Gasteiger partial charge in [0, 0.05) is 5.56 Å². The maximum Gasteiger partial charge on any atom is 0.227 e. The van der Waals surface area contributed by atoms with Gasteiger partial charge in [0.15, 0.2) is 76.0 Å². The number of aromatic nitrogens is 1. The first-order chi connectivity index (χ1) is 29.5. The number of rotatable bonds is 7. The number of carbonyl (C=O) groups is 1. The monoisotopic (exact) mass is 933 g/mol. The van der Waals surface area contributed by atoms with Crippen molar-refractivity contribution in [2.24, 2.45) is 0 Å². The standard InChI is InChI=1S/C24BF20.C15H12NOS/c26-5-1(6(27)14(35)21(42)13(5)34)25(2-7(28)15(36)22(43)16(37)8(2)29,3-9(30)17(38)23(44)18(39)10(3)31)4-11(32)19(40)24(45)20(41)12(4)33;17-15(10-16-7-8-18-11-16)14-6-5-12-3-1-2-4-13(12)9-14/h;1-9,11H,10H2/q-1;+1. The molecule has 0 atom stereocenters. The minimum atomic E-state index is -7.22. The summed E-state index contributed by atoms with van der Waals surface area (Å²) in [5.74, 6) is -71.3. The van der Waals surface area contributed by atoms with E-state index in [1.165, 1.54) is 0 Å². The van der Waals surface area contributed by atoms with Gasteiger partial charge in [-0.05, 0) is 16.8 Å². The zero-order valence-electron chi connectivity index (χ0n) is 29.9. The van der Waals surface area contributed by atoms with Crippen LogP contribution in [0.5, 0.6) is 0 Å². The van der Waals surface area contributed by atoms with Crippen LogP contribution in [0.25, 0.3) is 10.8 Å². The Bertz CT molecular complexity index is 2630. The van der Waals surface area contributed by atoms with E-state index in [9.17, 15) is 57.5 Å². The van der Waals surface area contributed by atoms with Gasteiger partial charge in [-0.25, -0.2) is 87.8 Å². The molecule has 6 aromatic carbocycles. The molecule has 0 amide bonds. The van der Waals surface area contributed by atoms with Gasteiger partial charge >= 0.3 is 0 Å². The van der Waals surface area contributed by atoms with E-state index in [0.29, 0.717) is 6.54 Å². The van der Waals surface area contributed by atoms with Gasteiger partial charge in [-0.2, -0.15) is 4.57 Å².